The zero-order chi connectivity index (χ0) is 23.5. The van der Waals surface area contributed by atoms with Gasteiger partial charge >= 0.3 is 6.61 Å². The number of allylic oxidation sites excluding steroid dienone is 1. The second-order valence-electron chi connectivity index (χ2n) is 6.33. The van der Waals surface area contributed by atoms with E-state index in [2.05, 4.69) is 16.6 Å². The fourth-order valence-electron chi connectivity index (χ4n) is 2.75. The minimum atomic E-state index is -3.02. The minimum absolute atomic E-state index is 0.0660. The first-order valence-electron chi connectivity index (χ1n) is 9.79. The van der Waals surface area contributed by atoms with E-state index < -0.39 is 18.1 Å². The Hall–Kier alpha value is -3.29. The molecule has 1 N–H and O–H groups in total. The molecule has 1 heterocycles. The van der Waals surface area contributed by atoms with E-state index in [-0.39, 0.29) is 32.6 Å². The van der Waals surface area contributed by atoms with Crippen LogP contribution >= 0.6 is 11.3 Å². The van der Waals surface area contributed by atoms with Crippen LogP contribution in [0.25, 0.3) is 11.6 Å². The van der Waals surface area contributed by atoms with Gasteiger partial charge in [0.25, 0.3) is 11.5 Å². The Morgan fingerprint density at radius 3 is 2.81 bits per heavy atom. The number of nitriles is 1. The Bertz CT molecular complexity index is 1170. The number of benzene rings is 1. The number of ether oxygens (including phenoxy) is 2. The molecule has 0 saturated heterocycles. The van der Waals surface area contributed by atoms with Crippen molar-refractivity contribution in [1.29, 1.82) is 5.26 Å². The highest BCUT2D eigenvalue weighted by Crippen LogP contribution is 2.20. The summed E-state index contributed by atoms with van der Waals surface area (Å²) in [4.78, 5) is 25.5. The Morgan fingerprint density at radius 2 is 2.16 bits per heavy atom. The van der Waals surface area contributed by atoms with Gasteiger partial charge in [-0.25, -0.2) is 0 Å². The normalized spacial score (nSPS) is 12.4. The molecule has 0 spiro atoms. The molecule has 32 heavy (non-hydrogen) atoms. The second kappa shape index (κ2) is 12.5. The molecule has 1 amide bonds. The summed E-state index contributed by atoms with van der Waals surface area (Å²) in [6.07, 6.45) is 3.43. The highest BCUT2D eigenvalue weighted by atomic mass is 32.1. The van der Waals surface area contributed by atoms with Gasteiger partial charge in [0.2, 0.25) is 0 Å². The lowest BCUT2D eigenvalue weighted by atomic mass is 10.2. The van der Waals surface area contributed by atoms with Gasteiger partial charge in [0, 0.05) is 31.9 Å². The summed E-state index contributed by atoms with van der Waals surface area (Å²) in [5.41, 5.74) is -0.432. The number of halogens is 2. The van der Waals surface area contributed by atoms with E-state index in [1.54, 1.807) is 6.07 Å². The summed E-state index contributed by atoms with van der Waals surface area (Å²) in [6, 6.07) is 7.89. The summed E-state index contributed by atoms with van der Waals surface area (Å²) in [7, 11) is 0. The molecule has 7 nitrogen and oxygen atoms in total. The van der Waals surface area contributed by atoms with Crippen molar-refractivity contribution in [2.45, 2.75) is 26.5 Å². The maximum absolute atomic E-state index is 12.9. The van der Waals surface area contributed by atoms with Gasteiger partial charge < -0.3 is 14.8 Å². The van der Waals surface area contributed by atoms with Crippen LogP contribution in [-0.4, -0.2) is 36.8 Å². The third-order valence-electron chi connectivity index (χ3n) is 4.15. The van der Waals surface area contributed by atoms with Crippen molar-refractivity contribution in [3.05, 3.63) is 62.0 Å². The van der Waals surface area contributed by atoms with Gasteiger partial charge in [0.1, 0.15) is 16.5 Å². The molecular weight excluding hydrogens is 440 g/mol. The molecule has 0 aliphatic carbocycles. The van der Waals surface area contributed by atoms with E-state index in [1.165, 1.54) is 34.9 Å². The zero-order valence-corrected chi connectivity index (χ0v) is 18.3. The quantitative estimate of drug-likeness (QED) is 0.405. The number of hydrogen-bond acceptors (Lipinski definition) is 6. The highest BCUT2D eigenvalue weighted by molar-refractivity contribution is 7.07. The predicted octanol–water partition coefficient (Wildman–Crippen LogP) is 1.74. The number of rotatable bonds is 11. The molecule has 0 radical (unpaired) electrons. The van der Waals surface area contributed by atoms with Crippen LogP contribution in [0.3, 0.4) is 0 Å². The number of para-hydroxylation sites is 1. The van der Waals surface area contributed by atoms with Crippen LogP contribution in [0, 0.1) is 11.3 Å². The van der Waals surface area contributed by atoms with Crippen molar-refractivity contribution in [2.24, 2.45) is 0 Å². The van der Waals surface area contributed by atoms with Crippen LogP contribution < -0.4 is 24.8 Å². The maximum atomic E-state index is 12.9. The molecule has 0 aliphatic heterocycles. The van der Waals surface area contributed by atoms with Gasteiger partial charge in [0.15, 0.2) is 5.57 Å². The van der Waals surface area contributed by atoms with Crippen LogP contribution in [0.1, 0.15) is 18.9 Å². The SMILES string of the molecule is C=CCn1c(=O)/c(=C/c2ccccc2OC(F)F)s/c1=C(\C#N)C(=O)NCCCOCC. The number of alkyl halides is 2. The zero-order valence-electron chi connectivity index (χ0n) is 17.5. The third-order valence-corrected chi connectivity index (χ3v) is 5.28. The van der Waals surface area contributed by atoms with E-state index in [4.69, 9.17) is 4.74 Å². The first-order chi connectivity index (χ1) is 15.4. The molecule has 0 fully saturated rings. The molecular formula is C22H23F2N3O4S. The molecule has 170 valence electrons. The van der Waals surface area contributed by atoms with Gasteiger partial charge in [-0.15, -0.1) is 17.9 Å². The first-order valence-corrected chi connectivity index (χ1v) is 10.6. The van der Waals surface area contributed by atoms with Gasteiger partial charge in [-0.05, 0) is 25.5 Å². The van der Waals surface area contributed by atoms with E-state index in [0.29, 0.717) is 26.2 Å². The van der Waals surface area contributed by atoms with Gasteiger partial charge in [-0.3, -0.25) is 14.2 Å². The van der Waals surface area contributed by atoms with Crippen molar-refractivity contribution in [3.63, 3.8) is 0 Å². The van der Waals surface area contributed by atoms with E-state index in [1.807, 2.05) is 13.0 Å². The summed E-state index contributed by atoms with van der Waals surface area (Å²) in [6.45, 7) is 3.86. The topological polar surface area (TPSA) is 93.4 Å². The molecule has 0 aliphatic rings. The number of hydrogen-bond donors (Lipinski definition) is 1. The number of thiazole rings is 1. The highest BCUT2D eigenvalue weighted by Gasteiger charge is 2.16. The number of carbonyl (C=O) groups is 1. The molecule has 2 rings (SSSR count). The molecule has 2 aromatic rings. The number of amides is 1. The van der Waals surface area contributed by atoms with Crippen LogP contribution in [0.15, 0.2) is 41.7 Å². The monoisotopic (exact) mass is 463 g/mol. The largest absolute Gasteiger partial charge is 0.434 e. The average molecular weight is 464 g/mol. The second-order valence-corrected chi connectivity index (χ2v) is 7.36. The predicted molar refractivity (Wildman–Crippen MR) is 118 cm³/mol. The Kier molecular flexibility index (Phi) is 9.78. The smallest absolute Gasteiger partial charge is 0.387 e. The number of carbonyl (C=O) groups excluding carboxylic acids is 1. The Balaban J connectivity index is 2.54. The Morgan fingerprint density at radius 1 is 1.41 bits per heavy atom. The van der Waals surface area contributed by atoms with Crippen molar-refractivity contribution < 1.29 is 23.0 Å². The van der Waals surface area contributed by atoms with Crippen molar-refractivity contribution in [1.82, 2.24) is 9.88 Å². The van der Waals surface area contributed by atoms with Gasteiger partial charge in [0.05, 0.1) is 4.53 Å². The maximum Gasteiger partial charge on any atom is 0.387 e. The fourth-order valence-corrected chi connectivity index (χ4v) is 3.85. The van der Waals surface area contributed by atoms with Crippen LogP contribution in [0.5, 0.6) is 5.75 Å². The van der Waals surface area contributed by atoms with Crippen LogP contribution in [-0.2, 0) is 16.1 Å². The number of nitrogens with one attached hydrogen (secondary N) is 1. The number of nitrogens with zero attached hydrogens (tertiary/aromatic N) is 2. The van der Waals surface area contributed by atoms with E-state index >= 15 is 0 Å². The lowest BCUT2D eigenvalue weighted by molar-refractivity contribution is -0.115. The Labute approximate surface area is 187 Å². The van der Waals surface area contributed by atoms with Crippen LogP contribution in [0.2, 0.25) is 0 Å². The van der Waals surface area contributed by atoms with Crippen LogP contribution in [0.4, 0.5) is 8.78 Å². The van der Waals surface area contributed by atoms with E-state index in [0.717, 1.165) is 11.3 Å². The fraction of sp³-hybridized carbons (Fsp3) is 0.318. The molecule has 1 aromatic heterocycles. The van der Waals surface area contributed by atoms with Crippen molar-refractivity contribution in [2.75, 3.05) is 19.8 Å². The standard InChI is InChI=1S/C22H23F2N3O4S/c1-3-11-27-20(29)18(13-15-8-5-6-9-17(15)31-22(23)24)32-21(27)16(14-25)19(28)26-10-7-12-30-4-2/h3,5-6,8-9,13,22H,1,4,7,10-12H2,2H3,(H,26,28)/b18-13-,21-16+. The summed E-state index contributed by atoms with van der Waals surface area (Å²) < 4.78 is 36.7. The molecule has 1 aromatic carbocycles. The third kappa shape index (κ3) is 6.60. The van der Waals surface area contributed by atoms with E-state index in [9.17, 15) is 23.6 Å². The summed E-state index contributed by atoms with van der Waals surface area (Å²) in [5, 5.41) is 12.2. The minimum Gasteiger partial charge on any atom is -0.434 e. The molecule has 0 saturated carbocycles. The first kappa shape index (κ1) is 25.0. The lowest BCUT2D eigenvalue weighted by Gasteiger charge is -2.06. The van der Waals surface area contributed by atoms with Crippen molar-refractivity contribution in [3.8, 4) is 11.8 Å². The molecule has 0 atom stereocenters. The van der Waals surface area contributed by atoms with Gasteiger partial charge in [-0.1, -0.05) is 24.3 Å². The average Bonchev–Trinajstić information content (AvgIpc) is 3.05. The molecule has 0 unspecified atom stereocenters. The molecule has 0 bridgehead atoms. The summed E-state index contributed by atoms with van der Waals surface area (Å²) >= 11 is 0.916. The van der Waals surface area contributed by atoms with Gasteiger partial charge in [-0.2, -0.15) is 14.0 Å². The van der Waals surface area contributed by atoms with Crippen molar-refractivity contribution >= 4 is 28.9 Å². The lowest BCUT2D eigenvalue weighted by Crippen LogP contribution is -2.35. The molecule has 10 heteroatoms. The number of aromatic nitrogens is 1. The summed E-state index contributed by atoms with van der Waals surface area (Å²) in [5.74, 6) is -0.709.